The minimum atomic E-state index is -3.60. The summed E-state index contributed by atoms with van der Waals surface area (Å²) in [5, 5.41) is 2.74. The molecule has 0 heterocycles. The van der Waals surface area contributed by atoms with E-state index in [0.717, 1.165) is 0 Å². The molecule has 1 rings (SSSR count). The van der Waals surface area contributed by atoms with Gasteiger partial charge in [-0.2, -0.15) is 16.1 Å². The van der Waals surface area contributed by atoms with Crippen LogP contribution in [0, 0.1) is 0 Å². The van der Waals surface area contributed by atoms with Gasteiger partial charge in [-0.1, -0.05) is 13.8 Å². The number of hydrogen-bond donors (Lipinski definition) is 1. The highest BCUT2D eigenvalue weighted by molar-refractivity contribution is 7.99. The molecule has 0 saturated heterocycles. The Morgan fingerprint density at radius 1 is 1.29 bits per heavy atom. The number of hydrogen-bond acceptors (Lipinski definition) is 5. The molecule has 1 N–H and O–H groups in total. The van der Waals surface area contributed by atoms with Gasteiger partial charge in [0.2, 0.25) is 15.9 Å². The highest BCUT2D eigenvalue weighted by atomic mass is 32.2. The van der Waals surface area contributed by atoms with E-state index in [-0.39, 0.29) is 22.7 Å². The molecule has 0 saturated carbocycles. The van der Waals surface area contributed by atoms with E-state index in [4.69, 9.17) is 4.74 Å². The maximum Gasteiger partial charge on any atom is 0.243 e. The van der Waals surface area contributed by atoms with Gasteiger partial charge >= 0.3 is 0 Å². The summed E-state index contributed by atoms with van der Waals surface area (Å²) in [6.45, 7) is 8.09. The number of amides is 1. The largest absolute Gasteiger partial charge is 0.489 e. The van der Waals surface area contributed by atoms with E-state index in [2.05, 4.69) is 5.32 Å². The third-order valence-corrected chi connectivity index (χ3v) is 5.80. The topological polar surface area (TPSA) is 75.7 Å². The molecule has 1 aromatic carbocycles. The molecular weight excluding hydrogens is 348 g/mol. The molecule has 8 heteroatoms. The molecule has 0 aliphatic rings. The van der Waals surface area contributed by atoms with E-state index in [1.54, 1.807) is 19.9 Å². The van der Waals surface area contributed by atoms with Gasteiger partial charge in [-0.05, 0) is 38.3 Å². The molecule has 24 heavy (non-hydrogen) atoms. The van der Waals surface area contributed by atoms with Crippen LogP contribution in [0.25, 0.3) is 0 Å². The van der Waals surface area contributed by atoms with Crippen molar-refractivity contribution in [1.29, 1.82) is 0 Å². The molecule has 0 aromatic heterocycles. The molecule has 0 fully saturated rings. The Bertz CT molecular complexity index is 656. The van der Waals surface area contributed by atoms with Gasteiger partial charge < -0.3 is 10.1 Å². The van der Waals surface area contributed by atoms with E-state index in [9.17, 15) is 13.2 Å². The Labute approximate surface area is 149 Å². The first kappa shape index (κ1) is 20.8. The number of thioether (sulfide) groups is 1. The maximum atomic E-state index is 12.7. The van der Waals surface area contributed by atoms with Crippen molar-refractivity contribution in [3.05, 3.63) is 18.2 Å². The van der Waals surface area contributed by atoms with Gasteiger partial charge in [0.25, 0.3) is 0 Å². The summed E-state index contributed by atoms with van der Waals surface area (Å²) in [7, 11) is -3.60. The molecule has 0 aliphatic carbocycles. The normalized spacial score (nSPS) is 11.8. The second-order valence-corrected chi connectivity index (χ2v) is 8.20. The summed E-state index contributed by atoms with van der Waals surface area (Å²) in [6, 6.07) is 4.56. The molecule has 0 unspecified atom stereocenters. The first-order valence-corrected chi connectivity index (χ1v) is 10.7. The zero-order valence-electron chi connectivity index (χ0n) is 14.8. The minimum Gasteiger partial charge on any atom is -0.489 e. The van der Waals surface area contributed by atoms with Gasteiger partial charge in [0, 0.05) is 13.1 Å². The van der Waals surface area contributed by atoms with E-state index in [0.29, 0.717) is 24.5 Å². The monoisotopic (exact) mass is 374 g/mol. The lowest BCUT2D eigenvalue weighted by molar-refractivity contribution is -0.113. The number of carbonyl (C=O) groups is 1. The molecule has 136 valence electrons. The smallest absolute Gasteiger partial charge is 0.243 e. The fraction of sp³-hybridized carbons (Fsp3) is 0.562. The molecule has 0 radical (unpaired) electrons. The average molecular weight is 375 g/mol. The van der Waals surface area contributed by atoms with Crippen molar-refractivity contribution in [1.82, 2.24) is 4.31 Å². The Balaban J connectivity index is 3.28. The maximum absolute atomic E-state index is 12.7. The van der Waals surface area contributed by atoms with Crippen LogP contribution in [0.2, 0.25) is 0 Å². The lowest BCUT2D eigenvalue weighted by Gasteiger charge is -2.20. The zero-order chi connectivity index (χ0) is 18.3. The predicted molar refractivity (Wildman–Crippen MR) is 99.3 cm³/mol. The number of nitrogens with zero attached hydrogens (tertiary/aromatic N) is 1. The fourth-order valence-electron chi connectivity index (χ4n) is 2.15. The van der Waals surface area contributed by atoms with Crippen LogP contribution in [-0.4, -0.2) is 49.8 Å². The molecule has 1 aromatic rings. The van der Waals surface area contributed by atoms with Crippen molar-refractivity contribution in [3.63, 3.8) is 0 Å². The van der Waals surface area contributed by atoms with Gasteiger partial charge in [0.15, 0.2) is 0 Å². The quantitative estimate of drug-likeness (QED) is 0.719. The van der Waals surface area contributed by atoms with Crippen molar-refractivity contribution in [3.8, 4) is 5.75 Å². The van der Waals surface area contributed by atoms with E-state index in [1.165, 1.54) is 28.2 Å². The van der Waals surface area contributed by atoms with E-state index in [1.807, 2.05) is 20.1 Å². The van der Waals surface area contributed by atoms with Crippen molar-refractivity contribution < 1.29 is 17.9 Å². The second-order valence-electron chi connectivity index (χ2n) is 5.40. The van der Waals surface area contributed by atoms with Crippen LogP contribution in [0.5, 0.6) is 5.75 Å². The first-order chi connectivity index (χ1) is 11.3. The van der Waals surface area contributed by atoms with Crippen LogP contribution in [0.3, 0.4) is 0 Å². The predicted octanol–water partition coefficient (Wildman–Crippen LogP) is 2.81. The third kappa shape index (κ3) is 5.39. The summed E-state index contributed by atoms with van der Waals surface area (Å²) in [4.78, 5) is 12.1. The SMILES string of the molecule is CCN(CC)S(=O)(=O)c1ccc(OC(C)C)c(NC(=O)CSC)c1. The second kappa shape index (κ2) is 9.29. The lowest BCUT2D eigenvalue weighted by atomic mass is 10.3. The minimum absolute atomic E-state index is 0.0913. The van der Waals surface area contributed by atoms with Crippen molar-refractivity contribution in [2.45, 2.75) is 38.7 Å². The number of ether oxygens (including phenoxy) is 1. The van der Waals surface area contributed by atoms with Crippen molar-refractivity contribution in [2.75, 3.05) is 30.4 Å². The molecule has 6 nitrogen and oxygen atoms in total. The lowest BCUT2D eigenvalue weighted by Crippen LogP contribution is -2.30. The highest BCUT2D eigenvalue weighted by Crippen LogP contribution is 2.30. The first-order valence-electron chi connectivity index (χ1n) is 7.85. The molecular formula is C16H26N2O4S2. The van der Waals surface area contributed by atoms with Gasteiger partial charge in [-0.25, -0.2) is 8.42 Å². The Morgan fingerprint density at radius 3 is 2.42 bits per heavy atom. The number of sulfonamides is 1. The number of nitrogens with one attached hydrogen (secondary N) is 1. The molecule has 0 bridgehead atoms. The number of anilines is 1. The van der Waals surface area contributed by atoms with Crippen LogP contribution in [0.4, 0.5) is 5.69 Å². The summed E-state index contributed by atoms with van der Waals surface area (Å²) >= 11 is 1.39. The summed E-state index contributed by atoms with van der Waals surface area (Å²) < 4.78 is 32.4. The van der Waals surface area contributed by atoms with Crippen LogP contribution < -0.4 is 10.1 Å². The van der Waals surface area contributed by atoms with Crippen LogP contribution in [0.15, 0.2) is 23.1 Å². The Hall–Kier alpha value is -1.25. The standard InChI is InChI=1S/C16H26N2O4S2/c1-6-18(7-2)24(20,21)13-8-9-15(22-12(3)4)14(10-13)17-16(19)11-23-5/h8-10,12H,6-7,11H2,1-5H3,(H,17,19). The number of benzene rings is 1. The van der Waals surface area contributed by atoms with Crippen molar-refractivity contribution in [2.24, 2.45) is 0 Å². The average Bonchev–Trinajstić information content (AvgIpc) is 2.49. The van der Waals surface area contributed by atoms with Crippen LogP contribution in [-0.2, 0) is 14.8 Å². The number of carbonyl (C=O) groups excluding carboxylic acids is 1. The fourth-order valence-corrected chi connectivity index (χ4v) is 3.97. The van der Waals surface area contributed by atoms with Gasteiger partial charge in [-0.3, -0.25) is 4.79 Å². The third-order valence-electron chi connectivity index (χ3n) is 3.21. The van der Waals surface area contributed by atoms with Gasteiger partial charge in [0.1, 0.15) is 5.75 Å². The van der Waals surface area contributed by atoms with Crippen LogP contribution in [0.1, 0.15) is 27.7 Å². The molecule has 0 aliphatic heterocycles. The number of rotatable bonds is 9. The van der Waals surface area contributed by atoms with Crippen LogP contribution >= 0.6 is 11.8 Å². The van der Waals surface area contributed by atoms with Gasteiger partial charge in [0.05, 0.1) is 22.4 Å². The Kier molecular flexibility index (Phi) is 8.05. The van der Waals surface area contributed by atoms with Crippen molar-refractivity contribution >= 4 is 33.4 Å². The summed E-state index contributed by atoms with van der Waals surface area (Å²) in [5.41, 5.74) is 0.371. The summed E-state index contributed by atoms with van der Waals surface area (Å²) in [5.74, 6) is 0.542. The molecule has 0 spiro atoms. The summed E-state index contributed by atoms with van der Waals surface area (Å²) in [6.07, 6.45) is 1.73. The molecule has 1 amide bonds. The van der Waals surface area contributed by atoms with E-state index >= 15 is 0 Å². The zero-order valence-corrected chi connectivity index (χ0v) is 16.5. The van der Waals surface area contributed by atoms with E-state index < -0.39 is 10.0 Å². The molecule has 0 atom stereocenters. The van der Waals surface area contributed by atoms with Gasteiger partial charge in [-0.15, -0.1) is 0 Å². The highest BCUT2D eigenvalue weighted by Gasteiger charge is 2.23. The Morgan fingerprint density at radius 2 is 1.92 bits per heavy atom.